The molecule has 0 aromatic heterocycles. The second-order valence-electron chi connectivity index (χ2n) is 5.62. The zero-order valence-corrected chi connectivity index (χ0v) is 12.1. The lowest BCUT2D eigenvalue weighted by atomic mass is 9.94. The van der Waals surface area contributed by atoms with Crippen molar-refractivity contribution in [1.29, 1.82) is 0 Å². The van der Waals surface area contributed by atoms with E-state index in [1.54, 1.807) is 12.1 Å². The number of carbonyl (C=O) groups excluding carboxylic acids is 1. The van der Waals surface area contributed by atoms with E-state index >= 15 is 0 Å². The maximum Gasteiger partial charge on any atom is 0.269 e. The number of amides is 1. The van der Waals surface area contributed by atoms with Gasteiger partial charge in [0.2, 0.25) is 5.91 Å². The molecule has 3 N–H and O–H groups in total. The summed E-state index contributed by atoms with van der Waals surface area (Å²) in [5.74, 6) is 0.223. The molecule has 6 nitrogen and oxygen atoms in total. The van der Waals surface area contributed by atoms with Gasteiger partial charge in [0, 0.05) is 18.1 Å². The molecule has 0 heterocycles. The molecule has 1 unspecified atom stereocenters. The van der Waals surface area contributed by atoms with Crippen LogP contribution in [0.25, 0.3) is 0 Å². The Balaban J connectivity index is 2.03. The molecule has 0 spiro atoms. The molecule has 0 aliphatic heterocycles. The number of nitrogens with one attached hydrogen (secondary N) is 1. The van der Waals surface area contributed by atoms with Gasteiger partial charge in [-0.05, 0) is 37.8 Å². The quantitative estimate of drug-likeness (QED) is 0.641. The largest absolute Gasteiger partial charge is 0.349 e. The summed E-state index contributed by atoms with van der Waals surface area (Å²) in [4.78, 5) is 22.7. The lowest BCUT2D eigenvalue weighted by Crippen LogP contribution is -2.36. The highest BCUT2D eigenvalue weighted by Gasteiger charge is 2.32. The van der Waals surface area contributed by atoms with Crippen LogP contribution >= 0.6 is 0 Å². The van der Waals surface area contributed by atoms with Crippen LogP contribution in [-0.4, -0.2) is 17.4 Å². The average Bonchev–Trinajstić information content (AvgIpc) is 2.95. The van der Waals surface area contributed by atoms with Gasteiger partial charge in [0.15, 0.2) is 0 Å². The molecule has 6 heteroatoms. The van der Waals surface area contributed by atoms with Gasteiger partial charge in [-0.1, -0.05) is 18.6 Å². The summed E-state index contributed by atoms with van der Waals surface area (Å²) >= 11 is 0. The van der Waals surface area contributed by atoms with Crippen LogP contribution in [0.3, 0.4) is 0 Å². The zero-order chi connectivity index (χ0) is 15.4. The van der Waals surface area contributed by atoms with Crippen LogP contribution < -0.4 is 11.1 Å². The maximum absolute atomic E-state index is 12.3. The third kappa shape index (κ3) is 3.58. The van der Waals surface area contributed by atoms with E-state index < -0.39 is 4.92 Å². The van der Waals surface area contributed by atoms with Crippen molar-refractivity contribution < 1.29 is 9.72 Å². The minimum Gasteiger partial charge on any atom is -0.349 e. The number of hydrogen-bond donors (Lipinski definition) is 2. The van der Waals surface area contributed by atoms with E-state index in [1.807, 2.05) is 6.92 Å². The predicted octanol–water partition coefficient (Wildman–Crippen LogP) is 2.15. The van der Waals surface area contributed by atoms with Gasteiger partial charge < -0.3 is 11.1 Å². The van der Waals surface area contributed by atoms with Gasteiger partial charge >= 0.3 is 0 Å². The Hall–Kier alpha value is -1.95. The number of benzene rings is 1. The van der Waals surface area contributed by atoms with Crippen LogP contribution in [-0.2, 0) is 4.79 Å². The molecule has 21 heavy (non-hydrogen) atoms. The summed E-state index contributed by atoms with van der Waals surface area (Å²) in [6, 6.07) is 6.11. The Kier molecular flexibility index (Phi) is 4.90. The molecule has 1 saturated carbocycles. The fourth-order valence-corrected chi connectivity index (χ4v) is 2.98. The maximum atomic E-state index is 12.3. The van der Waals surface area contributed by atoms with Crippen LogP contribution in [0.5, 0.6) is 0 Å². The standard InChI is InChI=1S/C15H21N3O3/c1-10(11-4-2-6-13(8-11)18(20)21)17-15(19)14-7-3-5-12(14)9-16/h2,4,6,8,10,12,14H,3,5,7,9,16H2,1H3,(H,17,19)/t10?,12-,14-/m1/s1. The van der Waals surface area contributed by atoms with E-state index in [2.05, 4.69) is 5.32 Å². The Morgan fingerprint density at radius 3 is 2.95 bits per heavy atom. The number of carbonyl (C=O) groups is 1. The van der Waals surface area contributed by atoms with E-state index in [1.165, 1.54) is 12.1 Å². The lowest BCUT2D eigenvalue weighted by Gasteiger charge is -2.21. The molecule has 1 fully saturated rings. The number of rotatable bonds is 5. The summed E-state index contributed by atoms with van der Waals surface area (Å²) in [7, 11) is 0. The number of nitrogens with two attached hydrogens (primary N) is 1. The first-order chi connectivity index (χ1) is 10.0. The molecule has 0 saturated heterocycles. The molecular weight excluding hydrogens is 270 g/mol. The number of hydrogen-bond acceptors (Lipinski definition) is 4. The van der Waals surface area contributed by atoms with Crippen LogP contribution in [0.2, 0.25) is 0 Å². The van der Waals surface area contributed by atoms with Gasteiger partial charge in [-0.2, -0.15) is 0 Å². The molecule has 0 radical (unpaired) electrons. The van der Waals surface area contributed by atoms with Gasteiger partial charge in [0.1, 0.15) is 0 Å². The highest BCUT2D eigenvalue weighted by Crippen LogP contribution is 2.31. The molecule has 1 aromatic carbocycles. The van der Waals surface area contributed by atoms with Crippen molar-refractivity contribution in [3.63, 3.8) is 0 Å². The first-order valence-electron chi connectivity index (χ1n) is 7.27. The number of non-ortho nitro benzene ring substituents is 1. The van der Waals surface area contributed by atoms with Crippen LogP contribution in [0.4, 0.5) is 5.69 Å². The summed E-state index contributed by atoms with van der Waals surface area (Å²) < 4.78 is 0. The smallest absolute Gasteiger partial charge is 0.269 e. The SMILES string of the molecule is CC(NC(=O)[C@@H]1CCC[C@@H]1CN)c1cccc([N+](=O)[O-])c1. The molecule has 1 aliphatic carbocycles. The second kappa shape index (κ2) is 6.67. The molecule has 2 rings (SSSR count). The molecule has 1 aromatic rings. The fraction of sp³-hybridized carbons (Fsp3) is 0.533. The van der Waals surface area contributed by atoms with Crippen molar-refractivity contribution in [2.24, 2.45) is 17.6 Å². The third-order valence-corrected chi connectivity index (χ3v) is 4.24. The Morgan fingerprint density at radius 1 is 1.52 bits per heavy atom. The Labute approximate surface area is 123 Å². The highest BCUT2D eigenvalue weighted by molar-refractivity contribution is 5.79. The molecule has 1 aliphatic rings. The van der Waals surface area contributed by atoms with Crippen molar-refractivity contribution >= 4 is 11.6 Å². The zero-order valence-electron chi connectivity index (χ0n) is 12.1. The second-order valence-corrected chi connectivity index (χ2v) is 5.62. The van der Waals surface area contributed by atoms with Gasteiger partial charge in [-0.15, -0.1) is 0 Å². The predicted molar refractivity (Wildman–Crippen MR) is 79.5 cm³/mol. The minimum atomic E-state index is -0.431. The van der Waals surface area contributed by atoms with Crippen molar-refractivity contribution in [2.45, 2.75) is 32.2 Å². The first kappa shape index (κ1) is 15.4. The molecule has 114 valence electrons. The Bertz CT molecular complexity index is 533. The average molecular weight is 291 g/mol. The van der Waals surface area contributed by atoms with E-state index in [4.69, 9.17) is 5.73 Å². The summed E-state index contributed by atoms with van der Waals surface area (Å²) in [6.45, 7) is 2.37. The van der Waals surface area contributed by atoms with E-state index in [9.17, 15) is 14.9 Å². The van der Waals surface area contributed by atoms with E-state index in [0.29, 0.717) is 6.54 Å². The summed E-state index contributed by atoms with van der Waals surface area (Å²) in [6.07, 6.45) is 2.90. The van der Waals surface area contributed by atoms with E-state index in [0.717, 1.165) is 24.8 Å². The molecule has 0 bridgehead atoms. The van der Waals surface area contributed by atoms with E-state index in [-0.39, 0.29) is 29.5 Å². The van der Waals surface area contributed by atoms with Gasteiger partial charge in [0.05, 0.1) is 11.0 Å². The summed E-state index contributed by atoms with van der Waals surface area (Å²) in [5.41, 5.74) is 6.47. The Morgan fingerprint density at radius 2 is 2.29 bits per heavy atom. The van der Waals surface area contributed by atoms with Gasteiger partial charge in [0.25, 0.3) is 5.69 Å². The monoisotopic (exact) mass is 291 g/mol. The molecule has 3 atom stereocenters. The van der Waals surface area contributed by atoms with Crippen molar-refractivity contribution in [1.82, 2.24) is 5.32 Å². The number of nitrogens with zero attached hydrogens (tertiary/aromatic N) is 1. The summed E-state index contributed by atoms with van der Waals surface area (Å²) in [5, 5.41) is 13.7. The normalized spacial score (nSPS) is 22.8. The van der Waals surface area contributed by atoms with Crippen molar-refractivity contribution in [3.05, 3.63) is 39.9 Å². The number of nitro benzene ring substituents is 1. The molecular formula is C15H21N3O3. The van der Waals surface area contributed by atoms with Crippen LogP contribution in [0.15, 0.2) is 24.3 Å². The van der Waals surface area contributed by atoms with Gasteiger partial charge in [-0.3, -0.25) is 14.9 Å². The van der Waals surface area contributed by atoms with Crippen LogP contribution in [0, 0.1) is 22.0 Å². The first-order valence-corrected chi connectivity index (χ1v) is 7.27. The lowest BCUT2D eigenvalue weighted by molar-refractivity contribution is -0.384. The minimum absolute atomic E-state index is 0.00181. The third-order valence-electron chi connectivity index (χ3n) is 4.24. The molecule has 1 amide bonds. The van der Waals surface area contributed by atoms with Crippen molar-refractivity contribution in [3.8, 4) is 0 Å². The van der Waals surface area contributed by atoms with Gasteiger partial charge in [-0.25, -0.2) is 0 Å². The highest BCUT2D eigenvalue weighted by atomic mass is 16.6. The topological polar surface area (TPSA) is 98.3 Å². The van der Waals surface area contributed by atoms with Crippen LogP contribution in [0.1, 0.15) is 37.8 Å². The fourth-order valence-electron chi connectivity index (χ4n) is 2.98. The van der Waals surface area contributed by atoms with Crippen molar-refractivity contribution in [2.75, 3.05) is 6.54 Å². The number of nitro groups is 1.